The van der Waals surface area contributed by atoms with Gasteiger partial charge in [-0.05, 0) is 36.4 Å². The van der Waals surface area contributed by atoms with E-state index in [1.807, 2.05) is 42.5 Å². The first-order chi connectivity index (χ1) is 9.65. The van der Waals surface area contributed by atoms with E-state index in [2.05, 4.69) is 5.32 Å². The molecular formula is C15H16N2O3. The van der Waals surface area contributed by atoms with Crippen molar-refractivity contribution in [2.24, 2.45) is 5.73 Å². The average Bonchev–Trinajstić information content (AvgIpc) is 2.47. The molecule has 0 fully saturated rings. The predicted octanol–water partition coefficient (Wildman–Crippen LogP) is 2.22. The molecule has 0 saturated carbocycles. The zero-order valence-electron chi connectivity index (χ0n) is 10.8. The predicted molar refractivity (Wildman–Crippen MR) is 77.3 cm³/mol. The summed E-state index contributed by atoms with van der Waals surface area (Å²) >= 11 is 0. The number of para-hydroxylation sites is 1. The summed E-state index contributed by atoms with van der Waals surface area (Å²) in [5.74, 6) is -0.493. The Labute approximate surface area is 117 Å². The van der Waals surface area contributed by atoms with Crippen molar-refractivity contribution < 1.29 is 14.6 Å². The van der Waals surface area contributed by atoms with Crippen LogP contribution in [0.25, 0.3) is 0 Å². The van der Waals surface area contributed by atoms with Crippen LogP contribution in [0.4, 0.5) is 11.4 Å². The van der Waals surface area contributed by atoms with Crippen LogP contribution in [0, 0.1) is 0 Å². The highest BCUT2D eigenvalue weighted by Gasteiger charge is 2.11. The second kappa shape index (κ2) is 6.58. The minimum atomic E-state index is -1.08. The molecule has 4 N–H and O–H groups in total. The largest absolute Gasteiger partial charge is 0.491 e. The van der Waals surface area contributed by atoms with Crippen LogP contribution in [0.5, 0.6) is 5.75 Å². The van der Waals surface area contributed by atoms with E-state index in [1.165, 1.54) is 0 Å². The lowest BCUT2D eigenvalue weighted by atomic mass is 10.2. The summed E-state index contributed by atoms with van der Waals surface area (Å²) in [6.07, 6.45) is 0. The first-order valence-electron chi connectivity index (χ1n) is 6.18. The Kier molecular flexibility index (Phi) is 4.57. The molecule has 0 aliphatic rings. The monoisotopic (exact) mass is 272 g/mol. The van der Waals surface area contributed by atoms with Gasteiger partial charge >= 0.3 is 5.97 Å². The number of benzene rings is 2. The summed E-state index contributed by atoms with van der Waals surface area (Å²) in [6.45, 7) is -0.0548. The third kappa shape index (κ3) is 4.00. The van der Waals surface area contributed by atoms with Gasteiger partial charge in [0.25, 0.3) is 0 Å². The molecule has 1 atom stereocenters. The van der Waals surface area contributed by atoms with Crippen LogP contribution in [0.15, 0.2) is 54.6 Å². The minimum Gasteiger partial charge on any atom is -0.491 e. The molecule has 0 aliphatic carbocycles. The zero-order chi connectivity index (χ0) is 14.4. The molecule has 0 heterocycles. The van der Waals surface area contributed by atoms with E-state index >= 15 is 0 Å². The van der Waals surface area contributed by atoms with Gasteiger partial charge in [-0.25, -0.2) is 0 Å². The number of carbonyl (C=O) groups is 1. The molecule has 1 unspecified atom stereocenters. The molecular weight excluding hydrogens is 256 g/mol. The summed E-state index contributed by atoms with van der Waals surface area (Å²) in [5.41, 5.74) is 7.28. The van der Waals surface area contributed by atoms with Crippen molar-refractivity contribution in [3.63, 3.8) is 0 Å². The van der Waals surface area contributed by atoms with Gasteiger partial charge in [0, 0.05) is 11.4 Å². The molecule has 5 nitrogen and oxygen atoms in total. The van der Waals surface area contributed by atoms with Crippen LogP contribution < -0.4 is 15.8 Å². The van der Waals surface area contributed by atoms with Crippen molar-refractivity contribution in [2.45, 2.75) is 6.04 Å². The molecule has 0 radical (unpaired) electrons. The van der Waals surface area contributed by atoms with Crippen LogP contribution in [0.2, 0.25) is 0 Å². The quantitative estimate of drug-likeness (QED) is 0.751. The van der Waals surface area contributed by atoms with Crippen LogP contribution >= 0.6 is 0 Å². The Bertz CT molecular complexity index is 555. The van der Waals surface area contributed by atoms with Crippen molar-refractivity contribution in [3.05, 3.63) is 54.6 Å². The zero-order valence-corrected chi connectivity index (χ0v) is 10.8. The number of nitrogens with two attached hydrogens (primary N) is 1. The Balaban J connectivity index is 1.91. The van der Waals surface area contributed by atoms with E-state index in [0.29, 0.717) is 5.75 Å². The van der Waals surface area contributed by atoms with Crippen molar-refractivity contribution >= 4 is 17.3 Å². The van der Waals surface area contributed by atoms with Crippen LogP contribution in [-0.4, -0.2) is 23.7 Å². The molecule has 0 amide bonds. The van der Waals surface area contributed by atoms with Crippen molar-refractivity contribution in [1.29, 1.82) is 0 Å². The third-order valence-electron chi connectivity index (χ3n) is 2.66. The van der Waals surface area contributed by atoms with Gasteiger partial charge in [-0.15, -0.1) is 0 Å². The lowest BCUT2D eigenvalue weighted by Crippen LogP contribution is -2.36. The van der Waals surface area contributed by atoms with Gasteiger partial charge in [-0.1, -0.05) is 18.2 Å². The summed E-state index contributed by atoms with van der Waals surface area (Å²) in [4.78, 5) is 10.6. The summed E-state index contributed by atoms with van der Waals surface area (Å²) in [7, 11) is 0. The third-order valence-corrected chi connectivity index (χ3v) is 2.66. The highest BCUT2D eigenvalue weighted by Crippen LogP contribution is 2.19. The number of hydrogen-bond donors (Lipinski definition) is 3. The maximum atomic E-state index is 10.6. The fraction of sp³-hybridized carbons (Fsp3) is 0.133. The van der Waals surface area contributed by atoms with Crippen molar-refractivity contribution in [2.75, 3.05) is 11.9 Å². The smallest absolute Gasteiger partial charge is 0.324 e. The first-order valence-corrected chi connectivity index (χ1v) is 6.18. The number of anilines is 2. The standard InChI is InChI=1S/C15H16N2O3/c16-14(15(18)19)10-20-13-8-6-12(7-9-13)17-11-4-2-1-3-5-11/h1-9,14,17H,10,16H2,(H,18,19). The van der Waals surface area contributed by atoms with Crippen LogP contribution in [0.1, 0.15) is 0 Å². The summed E-state index contributed by atoms with van der Waals surface area (Å²) in [5, 5.41) is 11.9. The van der Waals surface area contributed by atoms with E-state index < -0.39 is 12.0 Å². The molecule has 5 heteroatoms. The van der Waals surface area contributed by atoms with E-state index in [4.69, 9.17) is 15.6 Å². The number of ether oxygens (including phenoxy) is 1. The fourth-order valence-electron chi connectivity index (χ4n) is 1.58. The Morgan fingerprint density at radius 3 is 2.30 bits per heavy atom. The lowest BCUT2D eigenvalue weighted by molar-refractivity contribution is -0.139. The molecule has 2 rings (SSSR count). The SMILES string of the molecule is NC(COc1ccc(Nc2ccccc2)cc1)C(=O)O. The lowest BCUT2D eigenvalue weighted by Gasteiger charge is -2.10. The number of nitrogens with one attached hydrogen (secondary N) is 1. The number of hydrogen-bond acceptors (Lipinski definition) is 4. The normalized spacial score (nSPS) is 11.7. The first kappa shape index (κ1) is 13.9. The van der Waals surface area contributed by atoms with E-state index in [9.17, 15) is 4.79 Å². The van der Waals surface area contributed by atoms with Gasteiger partial charge in [0.05, 0.1) is 0 Å². The number of carboxylic acid groups (broad SMARTS) is 1. The van der Waals surface area contributed by atoms with Gasteiger partial charge in [0.1, 0.15) is 18.4 Å². The maximum absolute atomic E-state index is 10.6. The van der Waals surface area contributed by atoms with Crippen LogP contribution in [-0.2, 0) is 4.79 Å². The summed E-state index contributed by atoms with van der Waals surface area (Å²) in [6, 6.07) is 16.0. The molecule has 104 valence electrons. The van der Waals surface area contributed by atoms with Crippen molar-refractivity contribution in [1.82, 2.24) is 0 Å². The number of aliphatic carboxylic acids is 1. The average molecular weight is 272 g/mol. The highest BCUT2D eigenvalue weighted by molar-refractivity contribution is 5.73. The Morgan fingerprint density at radius 2 is 1.70 bits per heavy atom. The molecule has 20 heavy (non-hydrogen) atoms. The topological polar surface area (TPSA) is 84.6 Å². The van der Waals surface area contributed by atoms with Crippen LogP contribution in [0.3, 0.4) is 0 Å². The molecule has 0 saturated heterocycles. The van der Waals surface area contributed by atoms with Gasteiger partial charge in [-0.3, -0.25) is 4.79 Å². The molecule has 0 aromatic heterocycles. The molecule has 0 aliphatic heterocycles. The molecule has 0 spiro atoms. The van der Waals surface area contributed by atoms with Gasteiger partial charge in [-0.2, -0.15) is 0 Å². The van der Waals surface area contributed by atoms with E-state index in [1.54, 1.807) is 12.1 Å². The van der Waals surface area contributed by atoms with E-state index in [0.717, 1.165) is 11.4 Å². The Hall–Kier alpha value is -2.53. The minimum absolute atomic E-state index is 0.0548. The van der Waals surface area contributed by atoms with Crippen molar-refractivity contribution in [3.8, 4) is 5.75 Å². The molecule has 2 aromatic carbocycles. The maximum Gasteiger partial charge on any atom is 0.324 e. The fourth-order valence-corrected chi connectivity index (χ4v) is 1.58. The van der Waals surface area contributed by atoms with E-state index in [-0.39, 0.29) is 6.61 Å². The molecule has 0 bridgehead atoms. The van der Waals surface area contributed by atoms with Gasteiger partial charge < -0.3 is 20.9 Å². The van der Waals surface area contributed by atoms with Gasteiger partial charge in [0.15, 0.2) is 0 Å². The second-order valence-electron chi connectivity index (χ2n) is 4.27. The Morgan fingerprint density at radius 1 is 1.10 bits per heavy atom. The summed E-state index contributed by atoms with van der Waals surface area (Å²) < 4.78 is 5.30. The highest BCUT2D eigenvalue weighted by atomic mass is 16.5. The number of carboxylic acids is 1. The second-order valence-corrected chi connectivity index (χ2v) is 4.27. The molecule has 2 aromatic rings. The van der Waals surface area contributed by atoms with Gasteiger partial charge in [0.2, 0.25) is 0 Å². The number of rotatable bonds is 6.